The Morgan fingerprint density at radius 3 is 1.21 bits per heavy atom. The second kappa shape index (κ2) is 9.67. The number of carbonyl (C=O) groups excluding carboxylic acids is 2. The molecule has 0 unspecified atom stereocenters. The van der Waals surface area contributed by atoms with Crippen LogP contribution in [-0.4, -0.2) is 11.9 Å². The fourth-order valence-corrected chi connectivity index (χ4v) is 3.84. The molecule has 0 fully saturated rings. The number of ether oxygens (including phenoxy) is 2. The Balaban J connectivity index is 1.99. The molecule has 6 nitrogen and oxygen atoms in total. The number of hydrogen-bond acceptors (Lipinski definition) is 6. The molecule has 0 bridgehead atoms. The fraction of sp³-hybridized carbons (Fsp3) is 0.143. The van der Waals surface area contributed by atoms with Gasteiger partial charge in [-0.3, -0.25) is 0 Å². The molecule has 0 saturated carbocycles. The summed E-state index contributed by atoms with van der Waals surface area (Å²) in [4.78, 5) is 26.0. The van der Waals surface area contributed by atoms with Gasteiger partial charge in [0, 0.05) is 11.1 Å². The van der Waals surface area contributed by atoms with Crippen molar-refractivity contribution in [2.75, 3.05) is 0 Å². The highest BCUT2D eigenvalue weighted by Gasteiger charge is 2.28. The van der Waals surface area contributed by atoms with Crippen molar-refractivity contribution < 1.29 is 27.9 Å². The number of carbonyl (C=O) groups is 2. The number of rotatable bonds is 6. The summed E-state index contributed by atoms with van der Waals surface area (Å²) in [6, 6.07) is 17.7. The number of aryl methyl sites for hydroxylation is 4. The van der Waals surface area contributed by atoms with Crippen molar-refractivity contribution in [2.24, 2.45) is 0 Å². The van der Waals surface area contributed by atoms with E-state index in [2.05, 4.69) is 0 Å². The molecule has 0 atom stereocenters. The molecule has 4 rings (SSSR count). The molecule has 34 heavy (non-hydrogen) atoms. The van der Waals surface area contributed by atoms with Crippen LogP contribution in [-0.2, 0) is 9.47 Å². The van der Waals surface area contributed by atoms with Crippen LogP contribution in [0.5, 0.6) is 0 Å². The molecule has 0 aliphatic rings. The van der Waals surface area contributed by atoms with Crippen molar-refractivity contribution in [3.63, 3.8) is 0 Å². The van der Waals surface area contributed by atoms with Crippen LogP contribution in [0.3, 0.4) is 0 Å². The summed E-state index contributed by atoms with van der Waals surface area (Å²) in [7, 11) is 0. The van der Waals surface area contributed by atoms with Gasteiger partial charge in [-0.05, 0) is 74.2 Å². The van der Waals surface area contributed by atoms with Crippen molar-refractivity contribution in [1.82, 2.24) is 0 Å². The van der Waals surface area contributed by atoms with E-state index < -0.39 is 11.9 Å². The predicted octanol–water partition coefficient (Wildman–Crippen LogP) is 6.65. The third kappa shape index (κ3) is 4.57. The Labute approximate surface area is 197 Å². The van der Waals surface area contributed by atoms with Gasteiger partial charge in [-0.1, -0.05) is 36.4 Å². The van der Waals surface area contributed by atoms with E-state index in [0.29, 0.717) is 11.1 Å². The van der Waals surface area contributed by atoms with Crippen molar-refractivity contribution >= 4 is 23.5 Å². The molecular weight excluding hydrogens is 432 g/mol. The van der Waals surface area contributed by atoms with E-state index in [1.54, 1.807) is 12.1 Å². The van der Waals surface area contributed by atoms with Gasteiger partial charge >= 0.3 is 11.9 Å². The summed E-state index contributed by atoms with van der Waals surface area (Å²) < 4.78 is 22.3. The minimum Gasteiger partial charge on any atom is -0.457 e. The Kier molecular flexibility index (Phi) is 6.50. The van der Waals surface area contributed by atoms with Crippen LogP contribution in [0, 0.1) is 27.7 Å². The van der Waals surface area contributed by atoms with Gasteiger partial charge in [0.2, 0.25) is 11.5 Å². The maximum absolute atomic E-state index is 13.0. The smallest absolute Gasteiger partial charge is 0.379 e. The number of hydrogen-bond donors (Lipinski definition) is 0. The maximum Gasteiger partial charge on any atom is 0.379 e. The third-order valence-corrected chi connectivity index (χ3v) is 5.46. The van der Waals surface area contributed by atoms with Crippen LogP contribution in [0.1, 0.15) is 54.5 Å². The van der Waals surface area contributed by atoms with Crippen LogP contribution in [0.25, 0.3) is 11.5 Å². The molecule has 0 amide bonds. The van der Waals surface area contributed by atoms with E-state index in [1.807, 2.05) is 64.1 Å². The van der Waals surface area contributed by atoms with E-state index in [1.165, 1.54) is 24.7 Å². The second-order valence-electron chi connectivity index (χ2n) is 7.93. The molecule has 0 N–H and O–H groups in total. The van der Waals surface area contributed by atoms with Crippen LogP contribution >= 0.6 is 0 Å². The van der Waals surface area contributed by atoms with Gasteiger partial charge in [-0.15, -0.1) is 0 Å². The summed E-state index contributed by atoms with van der Waals surface area (Å²) in [5.74, 6) is -1.12. The lowest BCUT2D eigenvalue weighted by Crippen LogP contribution is -2.13. The zero-order valence-corrected chi connectivity index (χ0v) is 19.4. The first-order valence-corrected chi connectivity index (χ1v) is 10.8. The quantitative estimate of drug-likeness (QED) is 0.184. The van der Waals surface area contributed by atoms with Crippen LogP contribution in [0.2, 0.25) is 0 Å². The summed E-state index contributed by atoms with van der Waals surface area (Å²) in [5.41, 5.74) is 4.68. The van der Waals surface area contributed by atoms with Gasteiger partial charge in [0.25, 0.3) is 0 Å². The zero-order valence-electron chi connectivity index (χ0n) is 19.4. The lowest BCUT2D eigenvalue weighted by atomic mass is 9.95. The molecule has 0 spiro atoms. The van der Waals surface area contributed by atoms with Gasteiger partial charge in [-0.25, -0.2) is 9.59 Å². The standard InChI is InChI=1S/C28H24O6/c1-17-9-5-10-18(2)23(17)25(33-27(29)21-13-7-15-31-21)26(24-19(3)11-6-12-20(24)4)34-28(30)22-14-8-16-32-22/h5-16H,1-4H3/b26-25+. The number of benzene rings is 2. The van der Waals surface area contributed by atoms with E-state index in [0.717, 1.165) is 22.3 Å². The minimum atomic E-state index is -0.708. The molecule has 2 aromatic carbocycles. The second-order valence-corrected chi connectivity index (χ2v) is 7.93. The van der Waals surface area contributed by atoms with Crippen molar-refractivity contribution in [1.29, 1.82) is 0 Å². The molecule has 172 valence electrons. The predicted molar refractivity (Wildman–Crippen MR) is 127 cm³/mol. The Morgan fingerprint density at radius 2 is 0.912 bits per heavy atom. The highest BCUT2D eigenvalue weighted by atomic mass is 16.6. The van der Waals surface area contributed by atoms with E-state index >= 15 is 0 Å². The molecule has 6 heteroatoms. The lowest BCUT2D eigenvalue weighted by molar-refractivity contribution is 0.0612. The molecular formula is C28H24O6. The van der Waals surface area contributed by atoms with Crippen LogP contribution in [0.4, 0.5) is 0 Å². The van der Waals surface area contributed by atoms with Gasteiger partial charge in [0.05, 0.1) is 12.5 Å². The number of furan rings is 2. The summed E-state index contributed by atoms with van der Waals surface area (Å²) >= 11 is 0. The maximum atomic E-state index is 13.0. The Morgan fingerprint density at radius 1 is 0.559 bits per heavy atom. The fourth-order valence-electron chi connectivity index (χ4n) is 3.84. The average Bonchev–Trinajstić information content (AvgIpc) is 3.52. The monoisotopic (exact) mass is 456 g/mol. The highest BCUT2D eigenvalue weighted by molar-refractivity contribution is 6.00. The summed E-state index contributed by atoms with van der Waals surface area (Å²) in [6.45, 7) is 7.61. The zero-order chi connectivity index (χ0) is 24.2. The first-order valence-electron chi connectivity index (χ1n) is 10.8. The van der Waals surface area contributed by atoms with Gasteiger partial charge in [0.1, 0.15) is 0 Å². The third-order valence-electron chi connectivity index (χ3n) is 5.46. The first-order chi connectivity index (χ1) is 16.4. The molecule has 2 heterocycles. The molecule has 4 aromatic rings. The molecule has 0 aliphatic heterocycles. The summed E-state index contributed by atoms with van der Waals surface area (Å²) in [5, 5.41) is 0. The SMILES string of the molecule is Cc1cccc(C)c1/C(OC(=O)c1ccco1)=C(\OC(=O)c1ccco1)c1c(C)cccc1C. The number of esters is 2. The van der Waals surface area contributed by atoms with E-state index in [9.17, 15) is 9.59 Å². The molecule has 0 saturated heterocycles. The van der Waals surface area contributed by atoms with Crippen molar-refractivity contribution in [3.05, 3.63) is 118 Å². The van der Waals surface area contributed by atoms with E-state index in [-0.39, 0.29) is 23.0 Å². The largest absolute Gasteiger partial charge is 0.457 e. The van der Waals surface area contributed by atoms with E-state index in [4.69, 9.17) is 18.3 Å². The van der Waals surface area contributed by atoms with Gasteiger partial charge in [-0.2, -0.15) is 0 Å². The van der Waals surface area contributed by atoms with Gasteiger partial charge < -0.3 is 18.3 Å². The highest BCUT2D eigenvalue weighted by Crippen LogP contribution is 2.36. The van der Waals surface area contributed by atoms with Gasteiger partial charge in [0.15, 0.2) is 11.5 Å². The Bertz CT molecular complexity index is 1210. The van der Waals surface area contributed by atoms with Crippen molar-refractivity contribution in [3.8, 4) is 0 Å². The first kappa shape index (κ1) is 22.9. The molecule has 2 aromatic heterocycles. The topological polar surface area (TPSA) is 78.9 Å². The molecule has 0 aliphatic carbocycles. The lowest BCUT2D eigenvalue weighted by Gasteiger charge is -2.20. The summed E-state index contributed by atoms with van der Waals surface area (Å²) in [6.07, 6.45) is 2.78. The average molecular weight is 456 g/mol. The Hall–Kier alpha value is -4.32. The molecule has 0 radical (unpaired) electrons. The van der Waals surface area contributed by atoms with Crippen LogP contribution in [0.15, 0.2) is 82.0 Å². The normalized spacial score (nSPS) is 11.6. The van der Waals surface area contributed by atoms with Crippen molar-refractivity contribution in [2.45, 2.75) is 27.7 Å². The minimum absolute atomic E-state index is 0.0296. The van der Waals surface area contributed by atoms with Crippen LogP contribution < -0.4 is 0 Å².